The molecular formula is C19H16N2O5S. The van der Waals surface area contributed by atoms with Crippen molar-refractivity contribution in [3.8, 4) is 5.75 Å². The number of ether oxygens (including phenoxy) is 1. The van der Waals surface area contributed by atoms with Crippen LogP contribution in [0.1, 0.15) is 16.7 Å². The molecule has 0 aliphatic carbocycles. The van der Waals surface area contributed by atoms with Crippen molar-refractivity contribution < 1.29 is 19.2 Å². The van der Waals surface area contributed by atoms with E-state index in [1.54, 1.807) is 6.07 Å². The van der Waals surface area contributed by atoms with E-state index in [0.717, 1.165) is 27.8 Å². The van der Waals surface area contributed by atoms with Crippen LogP contribution in [0.3, 0.4) is 0 Å². The number of hydrogen-bond acceptors (Lipinski definition) is 6. The van der Waals surface area contributed by atoms with Crippen LogP contribution in [0.25, 0.3) is 6.08 Å². The van der Waals surface area contributed by atoms with Crippen LogP contribution in [-0.2, 0) is 11.3 Å². The monoisotopic (exact) mass is 384 g/mol. The van der Waals surface area contributed by atoms with Gasteiger partial charge in [0.1, 0.15) is 0 Å². The zero-order valence-electron chi connectivity index (χ0n) is 14.7. The fraction of sp³-hybridized carbons (Fsp3) is 0.158. The summed E-state index contributed by atoms with van der Waals surface area (Å²) >= 11 is 0.806. The van der Waals surface area contributed by atoms with Crippen molar-refractivity contribution in [2.45, 2.75) is 13.5 Å². The zero-order chi connectivity index (χ0) is 19.6. The lowest BCUT2D eigenvalue weighted by molar-refractivity contribution is -0.385. The molecule has 0 bridgehead atoms. The van der Waals surface area contributed by atoms with Gasteiger partial charge < -0.3 is 4.74 Å². The highest BCUT2D eigenvalue weighted by Crippen LogP contribution is 2.37. The summed E-state index contributed by atoms with van der Waals surface area (Å²) in [7, 11) is 1.32. The van der Waals surface area contributed by atoms with Crippen molar-refractivity contribution >= 4 is 34.7 Å². The minimum absolute atomic E-state index is 0.0489. The Morgan fingerprint density at radius 2 is 1.89 bits per heavy atom. The molecule has 0 N–H and O–H groups in total. The maximum absolute atomic E-state index is 12.7. The highest BCUT2D eigenvalue weighted by molar-refractivity contribution is 8.18. The van der Waals surface area contributed by atoms with Gasteiger partial charge in [-0.3, -0.25) is 24.6 Å². The van der Waals surface area contributed by atoms with Gasteiger partial charge in [0.05, 0.1) is 23.5 Å². The quantitative estimate of drug-likeness (QED) is 0.437. The number of nitro benzene ring substituents is 1. The fourth-order valence-corrected chi connectivity index (χ4v) is 3.50. The van der Waals surface area contributed by atoms with Crippen LogP contribution in [0, 0.1) is 17.0 Å². The number of rotatable bonds is 5. The number of nitro groups is 1. The van der Waals surface area contributed by atoms with Gasteiger partial charge in [-0.05, 0) is 30.3 Å². The fourth-order valence-electron chi connectivity index (χ4n) is 2.68. The topological polar surface area (TPSA) is 89.8 Å². The molecule has 7 nitrogen and oxygen atoms in total. The minimum Gasteiger partial charge on any atom is -0.490 e. The number of carbonyl (C=O) groups is 2. The van der Waals surface area contributed by atoms with E-state index in [1.165, 1.54) is 25.3 Å². The Morgan fingerprint density at radius 3 is 2.52 bits per heavy atom. The molecule has 2 amide bonds. The van der Waals surface area contributed by atoms with Gasteiger partial charge in [-0.1, -0.05) is 42.0 Å². The highest BCUT2D eigenvalue weighted by Gasteiger charge is 2.35. The van der Waals surface area contributed by atoms with Gasteiger partial charge in [0.2, 0.25) is 5.75 Å². The summed E-state index contributed by atoms with van der Waals surface area (Å²) < 4.78 is 5.14. The molecule has 1 aliphatic heterocycles. The molecular weight excluding hydrogens is 368 g/mol. The van der Waals surface area contributed by atoms with Crippen LogP contribution in [0.15, 0.2) is 47.4 Å². The number of aryl methyl sites for hydroxylation is 1. The zero-order valence-corrected chi connectivity index (χ0v) is 15.5. The molecule has 1 heterocycles. The van der Waals surface area contributed by atoms with Crippen LogP contribution in [0.5, 0.6) is 5.75 Å². The number of imide groups is 1. The van der Waals surface area contributed by atoms with Gasteiger partial charge in [-0.15, -0.1) is 0 Å². The van der Waals surface area contributed by atoms with E-state index in [-0.39, 0.29) is 28.1 Å². The molecule has 1 aliphatic rings. The standard InChI is InChI=1S/C19H16N2O5S/c1-12-6-8-13(9-7-12)11-20-18(22)16(27-19(20)23)10-14-4-3-5-15(21(24)25)17(14)26-2/h3-10H,11H2,1-2H3/b16-10-. The van der Waals surface area contributed by atoms with Crippen molar-refractivity contribution in [2.75, 3.05) is 7.11 Å². The summed E-state index contributed by atoms with van der Waals surface area (Å²) in [6.45, 7) is 2.13. The van der Waals surface area contributed by atoms with Gasteiger partial charge in [-0.2, -0.15) is 0 Å². The summed E-state index contributed by atoms with van der Waals surface area (Å²) in [4.78, 5) is 36.9. The Bertz CT molecular complexity index is 953. The van der Waals surface area contributed by atoms with Gasteiger partial charge >= 0.3 is 5.69 Å². The number of amides is 2. The molecule has 2 aromatic rings. The second-order valence-electron chi connectivity index (χ2n) is 5.91. The molecule has 0 radical (unpaired) electrons. The smallest absolute Gasteiger partial charge is 0.311 e. The highest BCUT2D eigenvalue weighted by atomic mass is 32.2. The Hall–Kier alpha value is -3.13. The van der Waals surface area contributed by atoms with Crippen LogP contribution in [-0.4, -0.2) is 28.1 Å². The largest absolute Gasteiger partial charge is 0.490 e. The minimum atomic E-state index is -0.556. The maximum Gasteiger partial charge on any atom is 0.311 e. The van der Waals surface area contributed by atoms with Gasteiger partial charge in [0.15, 0.2) is 0 Å². The molecule has 27 heavy (non-hydrogen) atoms. The predicted octanol–water partition coefficient (Wildman–Crippen LogP) is 4.15. The average molecular weight is 384 g/mol. The lowest BCUT2D eigenvalue weighted by Crippen LogP contribution is -2.27. The van der Waals surface area contributed by atoms with Gasteiger partial charge in [0, 0.05) is 11.6 Å². The van der Waals surface area contributed by atoms with Crippen LogP contribution in [0.2, 0.25) is 0 Å². The van der Waals surface area contributed by atoms with E-state index in [4.69, 9.17) is 4.74 Å². The molecule has 0 spiro atoms. The Morgan fingerprint density at radius 1 is 1.19 bits per heavy atom. The number of hydrogen-bond donors (Lipinski definition) is 0. The summed E-state index contributed by atoms with van der Waals surface area (Å²) in [5.41, 5.74) is 2.10. The van der Waals surface area contributed by atoms with E-state index >= 15 is 0 Å². The van der Waals surface area contributed by atoms with Crippen LogP contribution < -0.4 is 4.74 Å². The molecule has 0 unspecified atom stereocenters. The Balaban J connectivity index is 1.89. The summed E-state index contributed by atoms with van der Waals surface area (Å²) in [6, 6.07) is 12.0. The maximum atomic E-state index is 12.7. The molecule has 0 aromatic heterocycles. The first kappa shape index (κ1) is 18.7. The Labute approximate surface area is 159 Å². The van der Waals surface area contributed by atoms with Crippen molar-refractivity contribution in [1.29, 1.82) is 0 Å². The third kappa shape index (κ3) is 3.85. The van der Waals surface area contributed by atoms with Crippen molar-refractivity contribution in [3.63, 3.8) is 0 Å². The first-order valence-corrected chi connectivity index (χ1v) is 8.84. The van der Waals surface area contributed by atoms with Crippen molar-refractivity contribution in [3.05, 3.63) is 74.2 Å². The third-order valence-corrected chi connectivity index (χ3v) is 4.95. The number of methoxy groups -OCH3 is 1. The molecule has 3 rings (SSSR count). The number of para-hydroxylation sites is 1. The van der Waals surface area contributed by atoms with E-state index < -0.39 is 10.8 Å². The van der Waals surface area contributed by atoms with Crippen LogP contribution in [0.4, 0.5) is 10.5 Å². The van der Waals surface area contributed by atoms with E-state index in [2.05, 4.69) is 0 Å². The number of thioether (sulfide) groups is 1. The van der Waals surface area contributed by atoms with E-state index in [1.807, 2.05) is 31.2 Å². The molecule has 8 heteroatoms. The molecule has 0 atom stereocenters. The lowest BCUT2D eigenvalue weighted by Gasteiger charge is -2.12. The lowest BCUT2D eigenvalue weighted by atomic mass is 10.1. The van der Waals surface area contributed by atoms with Crippen LogP contribution >= 0.6 is 11.8 Å². The first-order chi connectivity index (χ1) is 12.9. The number of nitrogens with zero attached hydrogens (tertiary/aromatic N) is 2. The predicted molar refractivity (Wildman–Crippen MR) is 102 cm³/mol. The SMILES string of the molecule is COc1c(/C=C2\SC(=O)N(Cc3ccc(C)cc3)C2=O)cccc1[N+](=O)[O-]. The van der Waals surface area contributed by atoms with E-state index in [9.17, 15) is 19.7 Å². The molecule has 1 fully saturated rings. The summed E-state index contributed by atoms with van der Waals surface area (Å²) in [5.74, 6) is -0.382. The van der Waals surface area contributed by atoms with Gasteiger partial charge in [0.25, 0.3) is 11.1 Å². The number of carbonyl (C=O) groups excluding carboxylic acids is 2. The second-order valence-corrected chi connectivity index (χ2v) is 6.90. The average Bonchev–Trinajstić information content (AvgIpc) is 2.90. The van der Waals surface area contributed by atoms with E-state index in [0.29, 0.717) is 5.56 Å². The molecule has 1 saturated heterocycles. The third-order valence-electron chi connectivity index (χ3n) is 4.05. The molecule has 138 valence electrons. The molecule has 0 saturated carbocycles. The normalized spacial score (nSPS) is 15.5. The second kappa shape index (κ2) is 7.63. The summed E-state index contributed by atoms with van der Waals surface area (Å²) in [5, 5.41) is 10.8. The molecule has 2 aromatic carbocycles. The van der Waals surface area contributed by atoms with Crippen molar-refractivity contribution in [1.82, 2.24) is 4.90 Å². The van der Waals surface area contributed by atoms with Crippen molar-refractivity contribution in [2.24, 2.45) is 0 Å². The Kier molecular flexibility index (Phi) is 5.27. The van der Waals surface area contributed by atoms with Gasteiger partial charge in [-0.25, -0.2) is 0 Å². The summed E-state index contributed by atoms with van der Waals surface area (Å²) in [6.07, 6.45) is 1.45. The first-order valence-electron chi connectivity index (χ1n) is 8.03. The number of benzene rings is 2.